The number of hydrogen-bond donors (Lipinski definition) is 2. The van der Waals surface area contributed by atoms with Crippen molar-refractivity contribution in [3.05, 3.63) is 101 Å². The molecule has 1 heterocycles. The highest BCUT2D eigenvalue weighted by molar-refractivity contribution is 6.36. The normalized spacial score (nSPS) is 14.8. The molecule has 2 N–H and O–H groups in total. The Kier molecular flexibility index (Phi) is 6.00. The fraction of sp³-hybridized carbons (Fsp3) is 0.125. The molecule has 0 spiro atoms. The third-order valence-corrected chi connectivity index (χ3v) is 5.48. The first-order chi connectivity index (χ1) is 15.0. The SMILES string of the molecule is O=C(NCc1ccccc1Cl)C(=O)N[C@@H]1C(=O)N(Cc2ccccc2)c2ccccc21. The van der Waals surface area contributed by atoms with Crippen molar-refractivity contribution < 1.29 is 14.4 Å². The van der Waals surface area contributed by atoms with Crippen LogP contribution >= 0.6 is 11.6 Å². The molecular formula is C24H20ClN3O3. The number of nitrogens with zero attached hydrogens (tertiary/aromatic N) is 1. The number of anilines is 1. The average Bonchev–Trinajstić information content (AvgIpc) is 3.05. The van der Waals surface area contributed by atoms with Crippen molar-refractivity contribution in [2.24, 2.45) is 0 Å². The Morgan fingerprint density at radius 1 is 0.871 bits per heavy atom. The number of carbonyl (C=O) groups excluding carboxylic acids is 3. The minimum absolute atomic E-state index is 0.112. The Morgan fingerprint density at radius 3 is 2.32 bits per heavy atom. The number of fused-ring (bicyclic) bond motifs is 1. The van der Waals surface area contributed by atoms with E-state index < -0.39 is 17.9 Å². The van der Waals surface area contributed by atoms with E-state index in [9.17, 15) is 14.4 Å². The summed E-state index contributed by atoms with van der Waals surface area (Å²) in [5, 5.41) is 5.62. The Bertz CT molecular complexity index is 1130. The molecule has 0 saturated carbocycles. The van der Waals surface area contributed by atoms with Crippen LogP contribution in [0.1, 0.15) is 22.7 Å². The minimum Gasteiger partial charge on any atom is -0.344 e. The first-order valence-corrected chi connectivity index (χ1v) is 10.2. The lowest BCUT2D eigenvalue weighted by molar-refractivity contribution is -0.140. The zero-order valence-corrected chi connectivity index (χ0v) is 17.3. The van der Waals surface area contributed by atoms with E-state index in [-0.39, 0.29) is 12.5 Å². The van der Waals surface area contributed by atoms with Gasteiger partial charge in [0.15, 0.2) is 0 Å². The van der Waals surface area contributed by atoms with Crippen LogP contribution in [0, 0.1) is 0 Å². The molecule has 4 rings (SSSR count). The highest BCUT2D eigenvalue weighted by Gasteiger charge is 2.38. The van der Waals surface area contributed by atoms with E-state index in [1.807, 2.05) is 42.5 Å². The lowest BCUT2D eigenvalue weighted by Crippen LogP contribution is -2.44. The Labute approximate surface area is 184 Å². The molecule has 0 saturated heterocycles. The zero-order chi connectivity index (χ0) is 21.8. The monoisotopic (exact) mass is 433 g/mol. The van der Waals surface area contributed by atoms with Crippen molar-refractivity contribution in [2.45, 2.75) is 19.1 Å². The van der Waals surface area contributed by atoms with Gasteiger partial charge in [-0.2, -0.15) is 0 Å². The number of para-hydroxylation sites is 1. The summed E-state index contributed by atoms with van der Waals surface area (Å²) in [4.78, 5) is 39.5. The van der Waals surface area contributed by atoms with Crippen molar-refractivity contribution in [3.8, 4) is 0 Å². The molecule has 0 radical (unpaired) electrons. The molecule has 1 aliphatic rings. The van der Waals surface area contributed by atoms with Crippen LogP contribution in [0.15, 0.2) is 78.9 Å². The second kappa shape index (κ2) is 9.02. The van der Waals surface area contributed by atoms with Crippen molar-refractivity contribution >= 4 is 35.0 Å². The van der Waals surface area contributed by atoms with Crippen LogP contribution in [-0.2, 0) is 27.5 Å². The Morgan fingerprint density at radius 2 is 1.55 bits per heavy atom. The largest absolute Gasteiger partial charge is 0.344 e. The van der Waals surface area contributed by atoms with E-state index in [1.54, 1.807) is 41.3 Å². The molecule has 7 heteroatoms. The molecule has 0 bridgehead atoms. The summed E-state index contributed by atoms with van der Waals surface area (Å²) in [5.74, 6) is -1.98. The van der Waals surface area contributed by atoms with Crippen LogP contribution in [0.3, 0.4) is 0 Å². The molecule has 0 aromatic heterocycles. The topological polar surface area (TPSA) is 78.5 Å². The first kappa shape index (κ1) is 20.6. The third kappa shape index (κ3) is 4.44. The molecule has 0 unspecified atom stereocenters. The lowest BCUT2D eigenvalue weighted by atomic mass is 10.1. The number of nitrogens with one attached hydrogen (secondary N) is 2. The second-order valence-corrected chi connectivity index (χ2v) is 7.56. The van der Waals surface area contributed by atoms with Crippen LogP contribution in [0.4, 0.5) is 5.69 Å². The van der Waals surface area contributed by atoms with Gasteiger partial charge in [-0.05, 0) is 23.3 Å². The van der Waals surface area contributed by atoms with Gasteiger partial charge in [0.2, 0.25) is 0 Å². The van der Waals surface area contributed by atoms with Gasteiger partial charge in [-0.15, -0.1) is 0 Å². The Hall–Kier alpha value is -3.64. The maximum Gasteiger partial charge on any atom is 0.310 e. The van der Waals surface area contributed by atoms with Crippen LogP contribution in [0.25, 0.3) is 0 Å². The molecular weight excluding hydrogens is 414 g/mol. The van der Waals surface area contributed by atoms with E-state index in [4.69, 9.17) is 11.6 Å². The molecule has 3 aromatic rings. The molecule has 31 heavy (non-hydrogen) atoms. The molecule has 0 fully saturated rings. The number of amides is 3. The van der Waals surface area contributed by atoms with Gasteiger partial charge in [0, 0.05) is 22.8 Å². The molecule has 3 aromatic carbocycles. The number of carbonyl (C=O) groups is 3. The summed E-state index contributed by atoms with van der Waals surface area (Å²) >= 11 is 6.08. The average molecular weight is 434 g/mol. The molecule has 3 amide bonds. The van der Waals surface area contributed by atoms with Crippen LogP contribution in [0.5, 0.6) is 0 Å². The molecule has 1 atom stereocenters. The summed E-state index contributed by atoms with van der Waals surface area (Å²) in [6.45, 7) is 0.489. The van der Waals surface area contributed by atoms with E-state index in [1.165, 1.54) is 0 Å². The standard InChI is InChI=1S/C24H20ClN3O3/c25-19-12-6-4-10-17(19)14-26-22(29)23(30)27-21-18-11-5-7-13-20(18)28(24(21)31)15-16-8-2-1-3-9-16/h1-13,21H,14-15H2,(H,26,29)(H,27,30)/t21-/m0/s1. The zero-order valence-electron chi connectivity index (χ0n) is 16.5. The van der Waals surface area contributed by atoms with Crippen LogP contribution in [-0.4, -0.2) is 17.7 Å². The Balaban J connectivity index is 1.46. The maximum atomic E-state index is 13.1. The van der Waals surface area contributed by atoms with Gasteiger partial charge >= 0.3 is 11.8 Å². The van der Waals surface area contributed by atoms with E-state index in [2.05, 4.69) is 10.6 Å². The van der Waals surface area contributed by atoms with Gasteiger partial charge in [-0.3, -0.25) is 14.4 Å². The predicted octanol–water partition coefficient (Wildman–Crippen LogP) is 3.36. The van der Waals surface area contributed by atoms with E-state index in [0.29, 0.717) is 22.7 Å². The molecule has 0 aliphatic carbocycles. The molecule has 156 valence electrons. The van der Waals surface area contributed by atoms with Gasteiger partial charge in [0.1, 0.15) is 6.04 Å². The summed E-state index contributed by atoms with van der Waals surface area (Å²) in [5.41, 5.74) is 3.05. The van der Waals surface area contributed by atoms with Gasteiger partial charge in [0.05, 0.1) is 6.54 Å². The lowest BCUT2D eigenvalue weighted by Gasteiger charge is -2.18. The van der Waals surface area contributed by atoms with Crippen molar-refractivity contribution in [3.63, 3.8) is 0 Å². The quantitative estimate of drug-likeness (QED) is 0.605. The minimum atomic E-state index is -0.918. The first-order valence-electron chi connectivity index (χ1n) is 9.81. The highest BCUT2D eigenvalue weighted by atomic mass is 35.5. The number of halogens is 1. The van der Waals surface area contributed by atoms with Gasteiger partial charge in [-0.1, -0.05) is 78.3 Å². The smallest absolute Gasteiger partial charge is 0.310 e. The number of hydrogen-bond acceptors (Lipinski definition) is 3. The van der Waals surface area contributed by atoms with Crippen molar-refractivity contribution in [1.82, 2.24) is 10.6 Å². The third-order valence-electron chi connectivity index (χ3n) is 5.11. The second-order valence-electron chi connectivity index (χ2n) is 7.15. The molecule has 6 nitrogen and oxygen atoms in total. The van der Waals surface area contributed by atoms with E-state index in [0.717, 1.165) is 11.3 Å². The van der Waals surface area contributed by atoms with Gasteiger partial charge < -0.3 is 15.5 Å². The van der Waals surface area contributed by atoms with E-state index >= 15 is 0 Å². The molecule has 1 aliphatic heterocycles. The highest BCUT2D eigenvalue weighted by Crippen LogP contribution is 2.36. The summed E-state index contributed by atoms with van der Waals surface area (Å²) in [6.07, 6.45) is 0. The fourth-order valence-electron chi connectivity index (χ4n) is 3.55. The van der Waals surface area contributed by atoms with Crippen LogP contribution < -0.4 is 15.5 Å². The maximum absolute atomic E-state index is 13.1. The fourth-order valence-corrected chi connectivity index (χ4v) is 3.75. The summed E-state index contributed by atoms with van der Waals surface area (Å²) in [6, 6.07) is 23.0. The van der Waals surface area contributed by atoms with Crippen molar-refractivity contribution in [2.75, 3.05) is 4.90 Å². The summed E-state index contributed by atoms with van der Waals surface area (Å²) < 4.78 is 0. The van der Waals surface area contributed by atoms with Crippen LogP contribution in [0.2, 0.25) is 5.02 Å². The predicted molar refractivity (Wildman–Crippen MR) is 118 cm³/mol. The van der Waals surface area contributed by atoms with Crippen molar-refractivity contribution in [1.29, 1.82) is 0 Å². The van der Waals surface area contributed by atoms with Gasteiger partial charge in [-0.25, -0.2) is 0 Å². The number of benzene rings is 3. The van der Waals surface area contributed by atoms with Gasteiger partial charge in [0.25, 0.3) is 5.91 Å². The number of rotatable bonds is 5. The summed E-state index contributed by atoms with van der Waals surface area (Å²) in [7, 11) is 0.